The molecule has 0 N–H and O–H groups in total. The third-order valence-electron chi connectivity index (χ3n) is 6.00. The summed E-state index contributed by atoms with van der Waals surface area (Å²) in [7, 11) is 0. The number of esters is 1. The summed E-state index contributed by atoms with van der Waals surface area (Å²) in [5.74, 6) is -1.84. The van der Waals surface area contributed by atoms with Gasteiger partial charge in [0.05, 0.1) is 6.61 Å². The maximum absolute atomic E-state index is 12.8. The summed E-state index contributed by atoms with van der Waals surface area (Å²) in [4.78, 5) is 12.8. The van der Waals surface area contributed by atoms with Crippen LogP contribution in [0.25, 0.3) is 0 Å². The van der Waals surface area contributed by atoms with Crippen LogP contribution in [-0.4, -0.2) is 54.9 Å². The zero-order chi connectivity index (χ0) is 22.6. The number of carbonyl (C=O) groups is 1. The molecule has 3 heterocycles. The van der Waals surface area contributed by atoms with Gasteiger partial charge in [-0.05, 0) is 47.5 Å². The Bertz CT molecular complexity index is 642. The zero-order valence-corrected chi connectivity index (χ0v) is 20.0. The van der Waals surface area contributed by atoms with E-state index in [2.05, 4.69) is 6.92 Å². The summed E-state index contributed by atoms with van der Waals surface area (Å²) in [6.07, 6.45) is 7.62. The van der Waals surface area contributed by atoms with E-state index in [-0.39, 0.29) is 12.1 Å². The Labute approximate surface area is 186 Å². The highest BCUT2D eigenvalue weighted by Crippen LogP contribution is 2.42. The molecule has 3 saturated heterocycles. The van der Waals surface area contributed by atoms with Crippen LogP contribution in [0.4, 0.5) is 0 Å². The Balaban J connectivity index is 1.57. The highest BCUT2D eigenvalue weighted by atomic mass is 16.8. The van der Waals surface area contributed by atoms with Gasteiger partial charge in [0, 0.05) is 5.57 Å². The molecule has 3 aliphatic heterocycles. The third-order valence-corrected chi connectivity index (χ3v) is 6.00. The van der Waals surface area contributed by atoms with Crippen LogP contribution in [0.15, 0.2) is 11.6 Å². The highest BCUT2D eigenvalue weighted by molar-refractivity contribution is 5.87. The van der Waals surface area contributed by atoms with Gasteiger partial charge in [0.2, 0.25) is 0 Å². The summed E-state index contributed by atoms with van der Waals surface area (Å²) in [5, 5.41) is 0. The summed E-state index contributed by atoms with van der Waals surface area (Å²) >= 11 is 0. The number of hydrogen-bond acceptors (Lipinski definition) is 7. The standard InChI is InChI=1S/C24H40O7/c1-7-8-9-10-11-12-13-14-16(2)21(25)27-19-18(17-15-26-23(3,4)29-17)28-22-20(19)30-24(5,6)31-22/h14,17-20,22H,7-13,15H2,1-6H3/b16-14+/t17-,18-,19+,20-,22-/m1/s1. The first kappa shape index (κ1) is 24.6. The monoisotopic (exact) mass is 440 g/mol. The van der Waals surface area contributed by atoms with Crippen LogP contribution in [-0.2, 0) is 33.2 Å². The molecule has 0 bridgehead atoms. The molecular weight excluding hydrogens is 400 g/mol. The van der Waals surface area contributed by atoms with Crippen molar-refractivity contribution in [1.29, 1.82) is 0 Å². The normalized spacial score (nSPS) is 34.1. The molecule has 7 heteroatoms. The maximum atomic E-state index is 12.8. The van der Waals surface area contributed by atoms with Crippen LogP contribution in [0.5, 0.6) is 0 Å². The molecule has 7 nitrogen and oxygen atoms in total. The minimum Gasteiger partial charge on any atom is -0.453 e. The van der Waals surface area contributed by atoms with E-state index in [9.17, 15) is 4.79 Å². The van der Waals surface area contributed by atoms with Crippen molar-refractivity contribution in [2.24, 2.45) is 0 Å². The molecular formula is C24H40O7. The SMILES string of the molecule is CCCCCCCC/C=C(\C)C(=O)O[C@@H]1[C@H]2OC(C)(C)O[C@H]2O[C@@H]1[C@H]1COC(C)(C)O1. The van der Waals surface area contributed by atoms with Crippen molar-refractivity contribution >= 4 is 5.97 Å². The third kappa shape index (κ3) is 6.51. The molecule has 0 aromatic carbocycles. The minimum atomic E-state index is -0.792. The fourth-order valence-corrected chi connectivity index (χ4v) is 4.36. The summed E-state index contributed by atoms with van der Waals surface area (Å²) < 4.78 is 35.5. The van der Waals surface area contributed by atoms with Gasteiger partial charge in [-0.2, -0.15) is 0 Å². The van der Waals surface area contributed by atoms with Crippen LogP contribution in [0.1, 0.15) is 86.5 Å². The summed E-state index contributed by atoms with van der Waals surface area (Å²) in [6.45, 7) is 11.7. The first-order chi connectivity index (χ1) is 14.6. The Morgan fingerprint density at radius 1 is 0.968 bits per heavy atom. The van der Waals surface area contributed by atoms with Gasteiger partial charge in [-0.3, -0.25) is 0 Å². The lowest BCUT2D eigenvalue weighted by Crippen LogP contribution is -2.45. The van der Waals surface area contributed by atoms with E-state index in [0.29, 0.717) is 12.2 Å². The van der Waals surface area contributed by atoms with Gasteiger partial charge in [0.15, 0.2) is 30.1 Å². The van der Waals surface area contributed by atoms with Crippen LogP contribution < -0.4 is 0 Å². The number of rotatable bonds is 10. The number of unbranched alkanes of at least 4 members (excludes halogenated alkanes) is 6. The smallest absolute Gasteiger partial charge is 0.333 e. The van der Waals surface area contributed by atoms with Crippen molar-refractivity contribution in [2.45, 2.75) is 129 Å². The Kier molecular flexibility index (Phi) is 8.19. The van der Waals surface area contributed by atoms with E-state index in [4.69, 9.17) is 28.4 Å². The van der Waals surface area contributed by atoms with E-state index in [1.165, 1.54) is 32.1 Å². The molecule has 0 aromatic heterocycles. The second kappa shape index (κ2) is 10.3. The van der Waals surface area contributed by atoms with Gasteiger partial charge in [-0.25, -0.2) is 4.79 Å². The van der Waals surface area contributed by atoms with E-state index in [0.717, 1.165) is 12.8 Å². The number of allylic oxidation sites excluding steroid dienone is 1. The lowest BCUT2D eigenvalue weighted by atomic mass is 10.1. The quantitative estimate of drug-likeness (QED) is 0.279. The first-order valence-electron chi connectivity index (χ1n) is 11.8. The second-order valence-electron chi connectivity index (χ2n) is 9.75. The lowest BCUT2D eigenvalue weighted by Gasteiger charge is -2.28. The number of ether oxygens (including phenoxy) is 6. The van der Waals surface area contributed by atoms with E-state index >= 15 is 0 Å². The molecule has 0 unspecified atom stereocenters. The molecule has 3 fully saturated rings. The van der Waals surface area contributed by atoms with Crippen molar-refractivity contribution in [1.82, 2.24) is 0 Å². The molecule has 0 radical (unpaired) electrons. The zero-order valence-electron chi connectivity index (χ0n) is 20.0. The lowest BCUT2D eigenvalue weighted by molar-refractivity contribution is -0.234. The van der Waals surface area contributed by atoms with Crippen molar-refractivity contribution in [3.63, 3.8) is 0 Å². The van der Waals surface area contributed by atoms with Crippen LogP contribution in [0, 0.1) is 0 Å². The molecule has 178 valence electrons. The molecule has 31 heavy (non-hydrogen) atoms. The largest absolute Gasteiger partial charge is 0.453 e. The maximum Gasteiger partial charge on any atom is 0.333 e. The first-order valence-corrected chi connectivity index (χ1v) is 11.8. The predicted molar refractivity (Wildman–Crippen MR) is 115 cm³/mol. The fourth-order valence-electron chi connectivity index (χ4n) is 4.36. The van der Waals surface area contributed by atoms with Crippen LogP contribution in [0.3, 0.4) is 0 Å². The van der Waals surface area contributed by atoms with Crippen LogP contribution in [0.2, 0.25) is 0 Å². The molecule has 3 rings (SSSR count). The molecule has 0 saturated carbocycles. The van der Waals surface area contributed by atoms with Gasteiger partial charge >= 0.3 is 5.97 Å². The van der Waals surface area contributed by atoms with Gasteiger partial charge in [0.1, 0.15) is 12.2 Å². The van der Waals surface area contributed by atoms with Crippen molar-refractivity contribution in [3.8, 4) is 0 Å². The Morgan fingerprint density at radius 3 is 2.35 bits per heavy atom. The minimum absolute atomic E-state index is 0.350. The fraction of sp³-hybridized carbons (Fsp3) is 0.875. The molecule has 3 aliphatic rings. The summed E-state index contributed by atoms with van der Waals surface area (Å²) in [6, 6.07) is 0. The van der Waals surface area contributed by atoms with E-state index in [1.807, 2.05) is 33.8 Å². The topological polar surface area (TPSA) is 72.5 Å². The van der Waals surface area contributed by atoms with Crippen molar-refractivity contribution in [3.05, 3.63) is 11.6 Å². The average Bonchev–Trinajstić information content (AvgIpc) is 3.30. The highest BCUT2D eigenvalue weighted by Gasteiger charge is 2.60. The predicted octanol–water partition coefficient (Wildman–Crippen LogP) is 4.62. The summed E-state index contributed by atoms with van der Waals surface area (Å²) in [5.41, 5.74) is 0.609. The number of fused-ring (bicyclic) bond motifs is 1. The van der Waals surface area contributed by atoms with Gasteiger partial charge in [-0.1, -0.05) is 45.1 Å². The Morgan fingerprint density at radius 2 is 1.68 bits per heavy atom. The van der Waals surface area contributed by atoms with E-state index in [1.54, 1.807) is 6.92 Å². The Hall–Kier alpha value is -0.990. The molecule has 0 aromatic rings. The average molecular weight is 441 g/mol. The molecule has 0 aliphatic carbocycles. The molecule has 5 atom stereocenters. The van der Waals surface area contributed by atoms with Gasteiger partial charge < -0.3 is 28.4 Å². The second-order valence-corrected chi connectivity index (χ2v) is 9.75. The van der Waals surface area contributed by atoms with Crippen molar-refractivity contribution in [2.75, 3.05) is 6.61 Å². The van der Waals surface area contributed by atoms with Crippen LogP contribution >= 0.6 is 0 Å². The molecule has 0 amide bonds. The van der Waals surface area contributed by atoms with E-state index < -0.39 is 36.2 Å². The van der Waals surface area contributed by atoms with Gasteiger partial charge in [0.25, 0.3) is 0 Å². The number of hydrogen-bond donors (Lipinski definition) is 0. The molecule has 0 spiro atoms. The van der Waals surface area contributed by atoms with Gasteiger partial charge in [-0.15, -0.1) is 0 Å². The number of carbonyl (C=O) groups excluding carboxylic acids is 1. The van der Waals surface area contributed by atoms with Crippen molar-refractivity contribution < 1.29 is 33.2 Å².